The van der Waals surface area contributed by atoms with Crippen LogP contribution in [0.15, 0.2) is 0 Å². The Labute approximate surface area is 93.7 Å². The van der Waals surface area contributed by atoms with E-state index in [1.807, 2.05) is 0 Å². The molecule has 1 aliphatic rings. The van der Waals surface area contributed by atoms with Gasteiger partial charge in [0.1, 0.15) is 0 Å². The molecular weight excluding hydrogens is 188 g/mol. The standard InChI is InChI=1S/C13H26O2/c1-8(2)11-6-5-9(3)7-12(11)13(15)10(4)14/h8-15H,5-7H2,1-4H3. The maximum Gasteiger partial charge on any atom is 0.0827 e. The van der Waals surface area contributed by atoms with Crippen molar-refractivity contribution in [2.24, 2.45) is 23.7 Å². The van der Waals surface area contributed by atoms with E-state index in [0.29, 0.717) is 17.8 Å². The van der Waals surface area contributed by atoms with E-state index in [1.54, 1.807) is 6.92 Å². The highest BCUT2D eigenvalue weighted by Gasteiger charge is 2.36. The predicted molar refractivity (Wildman–Crippen MR) is 62.5 cm³/mol. The minimum absolute atomic E-state index is 0.286. The third kappa shape index (κ3) is 3.18. The molecule has 1 aliphatic carbocycles. The van der Waals surface area contributed by atoms with Crippen molar-refractivity contribution in [3.63, 3.8) is 0 Å². The Morgan fingerprint density at radius 3 is 2.07 bits per heavy atom. The molecule has 0 aromatic heterocycles. The van der Waals surface area contributed by atoms with E-state index >= 15 is 0 Å². The summed E-state index contributed by atoms with van der Waals surface area (Å²) in [5.74, 6) is 2.16. The van der Waals surface area contributed by atoms with Gasteiger partial charge in [-0.05, 0) is 43.4 Å². The van der Waals surface area contributed by atoms with Crippen LogP contribution in [0, 0.1) is 23.7 Å². The summed E-state index contributed by atoms with van der Waals surface area (Å²) in [6, 6.07) is 0. The van der Waals surface area contributed by atoms with Crippen LogP contribution in [0.5, 0.6) is 0 Å². The molecule has 0 heterocycles. The van der Waals surface area contributed by atoms with E-state index in [2.05, 4.69) is 20.8 Å². The summed E-state index contributed by atoms with van der Waals surface area (Å²) in [4.78, 5) is 0. The Balaban J connectivity index is 2.69. The highest BCUT2D eigenvalue weighted by Crippen LogP contribution is 2.40. The van der Waals surface area contributed by atoms with E-state index < -0.39 is 12.2 Å². The molecular formula is C13H26O2. The Bertz CT molecular complexity index is 189. The van der Waals surface area contributed by atoms with Crippen molar-refractivity contribution < 1.29 is 10.2 Å². The molecule has 2 N–H and O–H groups in total. The minimum atomic E-state index is -0.596. The molecule has 1 saturated carbocycles. The zero-order chi connectivity index (χ0) is 11.6. The first-order chi connectivity index (χ1) is 6.93. The average Bonchev–Trinajstić information content (AvgIpc) is 2.15. The van der Waals surface area contributed by atoms with Gasteiger partial charge in [0.15, 0.2) is 0 Å². The summed E-state index contributed by atoms with van der Waals surface area (Å²) in [6.45, 7) is 8.39. The molecule has 0 aromatic rings. The molecule has 5 unspecified atom stereocenters. The molecule has 1 fully saturated rings. The third-order valence-electron chi connectivity index (χ3n) is 4.01. The van der Waals surface area contributed by atoms with Crippen LogP contribution < -0.4 is 0 Å². The van der Waals surface area contributed by atoms with Gasteiger partial charge in [0.25, 0.3) is 0 Å². The number of hydrogen-bond acceptors (Lipinski definition) is 2. The summed E-state index contributed by atoms with van der Waals surface area (Å²) in [7, 11) is 0. The highest BCUT2D eigenvalue weighted by molar-refractivity contribution is 4.86. The van der Waals surface area contributed by atoms with Gasteiger partial charge < -0.3 is 10.2 Å². The monoisotopic (exact) mass is 214 g/mol. The average molecular weight is 214 g/mol. The van der Waals surface area contributed by atoms with Gasteiger partial charge in [-0.1, -0.05) is 27.2 Å². The highest BCUT2D eigenvalue weighted by atomic mass is 16.3. The van der Waals surface area contributed by atoms with Crippen LogP contribution in [0.2, 0.25) is 0 Å². The second-order valence-corrected chi connectivity index (χ2v) is 5.72. The van der Waals surface area contributed by atoms with E-state index in [0.717, 1.165) is 6.42 Å². The van der Waals surface area contributed by atoms with Crippen LogP contribution in [0.4, 0.5) is 0 Å². The van der Waals surface area contributed by atoms with E-state index in [-0.39, 0.29) is 5.92 Å². The van der Waals surface area contributed by atoms with Crippen LogP contribution in [-0.2, 0) is 0 Å². The third-order valence-corrected chi connectivity index (χ3v) is 4.01. The summed E-state index contributed by atoms with van der Waals surface area (Å²) in [5.41, 5.74) is 0. The number of aliphatic hydroxyl groups excluding tert-OH is 2. The van der Waals surface area contributed by atoms with Crippen LogP contribution in [0.3, 0.4) is 0 Å². The van der Waals surface area contributed by atoms with Gasteiger partial charge in [0.2, 0.25) is 0 Å². The van der Waals surface area contributed by atoms with Gasteiger partial charge in [0, 0.05) is 0 Å². The first kappa shape index (κ1) is 13.0. The van der Waals surface area contributed by atoms with Crippen molar-refractivity contribution in [1.29, 1.82) is 0 Å². The van der Waals surface area contributed by atoms with Crippen molar-refractivity contribution in [1.82, 2.24) is 0 Å². The first-order valence-electron chi connectivity index (χ1n) is 6.29. The smallest absolute Gasteiger partial charge is 0.0827 e. The topological polar surface area (TPSA) is 40.5 Å². The molecule has 0 aromatic carbocycles. The Morgan fingerprint density at radius 2 is 1.60 bits per heavy atom. The summed E-state index contributed by atoms with van der Waals surface area (Å²) < 4.78 is 0. The quantitative estimate of drug-likeness (QED) is 0.757. The van der Waals surface area contributed by atoms with E-state index in [4.69, 9.17) is 0 Å². The van der Waals surface area contributed by atoms with Crippen LogP contribution in [0.25, 0.3) is 0 Å². The zero-order valence-corrected chi connectivity index (χ0v) is 10.5. The van der Waals surface area contributed by atoms with Gasteiger partial charge in [-0.2, -0.15) is 0 Å². The van der Waals surface area contributed by atoms with Gasteiger partial charge in [-0.3, -0.25) is 0 Å². The van der Waals surface area contributed by atoms with Gasteiger partial charge in [-0.15, -0.1) is 0 Å². The zero-order valence-electron chi connectivity index (χ0n) is 10.5. The molecule has 90 valence electrons. The van der Waals surface area contributed by atoms with Gasteiger partial charge in [-0.25, -0.2) is 0 Å². The Hall–Kier alpha value is -0.0800. The largest absolute Gasteiger partial charge is 0.391 e. The SMILES string of the molecule is CC1CCC(C(C)C)C(C(O)C(C)O)C1. The molecule has 2 nitrogen and oxygen atoms in total. The first-order valence-corrected chi connectivity index (χ1v) is 6.29. The molecule has 0 saturated heterocycles. The van der Waals surface area contributed by atoms with E-state index in [9.17, 15) is 10.2 Å². The lowest BCUT2D eigenvalue weighted by molar-refractivity contribution is -0.0525. The number of hydrogen-bond donors (Lipinski definition) is 2. The Kier molecular flexibility index (Phi) is 4.60. The maximum atomic E-state index is 10.0. The molecule has 15 heavy (non-hydrogen) atoms. The fraction of sp³-hybridized carbons (Fsp3) is 1.00. The second kappa shape index (κ2) is 5.31. The van der Waals surface area contributed by atoms with Crippen molar-refractivity contribution in [2.75, 3.05) is 0 Å². The molecule has 0 aliphatic heterocycles. The van der Waals surface area contributed by atoms with Crippen molar-refractivity contribution in [3.8, 4) is 0 Å². The van der Waals surface area contributed by atoms with Gasteiger partial charge in [0.05, 0.1) is 12.2 Å². The molecule has 0 spiro atoms. The normalized spacial score (nSPS) is 36.6. The predicted octanol–water partition coefficient (Wildman–Crippen LogP) is 2.44. The summed E-state index contributed by atoms with van der Waals surface area (Å²) in [6.07, 6.45) is 2.40. The van der Waals surface area contributed by atoms with Crippen molar-refractivity contribution in [3.05, 3.63) is 0 Å². The summed E-state index contributed by atoms with van der Waals surface area (Å²) in [5, 5.41) is 19.5. The lowest BCUT2D eigenvalue weighted by Crippen LogP contribution is -2.41. The minimum Gasteiger partial charge on any atom is -0.391 e. The van der Waals surface area contributed by atoms with Crippen molar-refractivity contribution in [2.45, 2.75) is 59.2 Å². The van der Waals surface area contributed by atoms with Crippen LogP contribution in [0.1, 0.15) is 47.0 Å². The van der Waals surface area contributed by atoms with Crippen LogP contribution in [-0.4, -0.2) is 22.4 Å². The molecule has 2 heteroatoms. The van der Waals surface area contributed by atoms with Gasteiger partial charge >= 0.3 is 0 Å². The lowest BCUT2D eigenvalue weighted by atomic mass is 9.67. The molecule has 0 amide bonds. The fourth-order valence-corrected chi connectivity index (χ4v) is 3.03. The maximum absolute atomic E-state index is 10.0. The Morgan fingerprint density at radius 1 is 1.00 bits per heavy atom. The van der Waals surface area contributed by atoms with E-state index in [1.165, 1.54) is 12.8 Å². The van der Waals surface area contributed by atoms with Crippen molar-refractivity contribution >= 4 is 0 Å². The summed E-state index contributed by atoms with van der Waals surface area (Å²) >= 11 is 0. The second-order valence-electron chi connectivity index (χ2n) is 5.72. The fourth-order valence-electron chi connectivity index (χ4n) is 3.03. The molecule has 0 radical (unpaired) electrons. The molecule has 5 atom stereocenters. The van der Waals surface area contributed by atoms with Crippen LogP contribution >= 0.6 is 0 Å². The molecule has 1 rings (SSSR count). The number of rotatable bonds is 3. The number of aliphatic hydroxyl groups is 2. The lowest BCUT2D eigenvalue weighted by Gasteiger charge is -2.40. The molecule has 0 bridgehead atoms.